The number of rotatable bonds is 4. The predicted molar refractivity (Wildman–Crippen MR) is 97.9 cm³/mol. The minimum absolute atomic E-state index is 0. The molecule has 0 aromatic heterocycles. The monoisotopic (exact) mass is 432 g/mol. The van der Waals surface area contributed by atoms with Gasteiger partial charge in [-0.05, 0) is 38.5 Å². The fraction of sp³-hybridized carbons (Fsp3) is 0.714. The first-order chi connectivity index (χ1) is 11.6. The van der Waals surface area contributed by atoms with E-state index in [1.54, 1.807) is 0 Å². The summed E-state index contributed by atoms with van der Waals surface area (Å²) >= 11 is 1.17. The summed E-state index contributed by atoms with van der Waals surface area (Å²) in [6.07, 6.45) is 3.82. The number of carbonyl (C=O) groups is 4. The first kappa shape index (κ1) is 31.5. The number of nitrogens with one attached hydrogen (secondary N) is 1. The second-order valence-electron chi connectivity index (χ2n) is 6.70. The van der Waals surface area contributed by atoms with Gasteiger partial charge in [-0.25, -0.2) is 0 Å². The summed E-state index contributed by atoms with van der Waals surface area (Å²) in [4.78, 5) is 43.2. The molecule has 12 nitrogen and oxygen atoms in total. The molecule has 12 N–H and O–H groups in total. The number of nitrogens with two attached hydrogens (primary N) is 3. The number of aliphatic carboxylic acids is 1. The van der Waals surface area contributed by atoms with E-state index in [2.05, 4.69) is 5.32 Å². The third-order valence-corrected chi connectivity index (χ3v) is 4.82. The molecule has 2 saturated carbocycles. The van der Waals surface area contributed by atoms with E-state index in [-0.39, 0.29) is 52.0 Å². The van der Waals surface area contributed by atoms with Crippen molar-refractivity contribution in [3.63, 3.8) is 0 Å². The fourth-order valence-electron chi connectivity index (χ4n) is 2.74. The number of primary amides is 1. The number of hydrogen-bond acceptors (Lipinski definition) is 7. The van der Waals surface area contributed by atoms with Gasteiger partial charge in [-0.3, -0.25) is 24.5 Å². The van der Waals surface area contributed by atoms with Crippen LogP contribution in [0.2, 0.25) is 0 Å². The van der Waals surface area contributed by atoms with Crippen molar-refractivity contribution in [3.05, 3.63) is 0 Å². The van der Waals surface area contributed by atoms with Crippen LogP contribution in [0.3, 0.4) is 0 Å². The number of hydrogen-bond donors (Lipinski definition) is 5. The van der Waals surface area contributed by atoms with E-state index >= 15 is 0 Å². The zero-order valence-electron chi connectivity index (χ0n) is 15.3. The van der Waals surface area contributed by atoms with E-state index in [0.717, 1.165) is 12.8 Å². The van der Waals surface area contributed by atoms with Crippen LogP contribution in [0, 0.1) is 10.8 Å². The first-order valence-corrected chi connectivity index (χ1v) is 8.22. The molecule has 1 spiro atoms. The molecular formula is C14H26Al2N4O8. The van der Waals surface area contributed by atoms with Gasteiger partial charge in [0, 0.05) is 17.4 Å². The third kappa shape index (κ3) is 7.66. The Balaban J connectivity index is -0.000000374. The molecule has 0 bridgehead atoms. The van der Waals surface area contributed by atoms with Crippen molar-refractivity contribution in [2.45, 2.75) is 50.6 Å². The van der Waals surface area contributed by atoms with E-state index in [9.17, 15) is 19.2 Å². The van der Waals surface area contributed by atoms with Crippen LogP contribution in [0.15, 0.2) is 0 Å². The second-order valence-corrected chi connectivity index (χ2v) is 6.70. The van der Waals surface area contributed by atoms with Crippen molar-refractivity contribution in [2.75, 3.05) is 0 Å². The molecule has 0 aromatic rings. The summed E-state index contributed by atoms with van der Waals surface area (Å²) in [7, 11) is 0. The summed E-state index contributed by atoms with van der Waals surface area (Å²) in [5.74, 6) is -1.96. The summed E-state index contributed by atoms with van der Waals surface area (Å²) in [5.41, 5.74) is 15.0. The van der Waals surface area contributed by atoms with Crippen LogP contribution in [0.4, 0.5) is 0 Å². The predicted octanol–water partition coefficient (Wildman–Crippen LogP) is -4.34. The third-order valence-electron chi connectivity index (χ3n) is 4.82. The molecule has 3 rings (SSSR count). The molecule has 2 unspecified atom stereocenters. The van der Waals surface area contributed by atoms with E-state index in [1.165, 1.54) is 16.2 Å². The first-order valence-electron chi connectivity index (χ1n) is 7.75. The van der Waals surface area contributed by atoms with E-state index in [0.29, 0.717) is 19.3 Å². The quantitative estimate of drug-likeness (QED) is 0.214. The number of carbonyl (C=O) groups excluding carboxylic acids is 3. The molecule has 28 heavy (non-hydrogen) atoms. The number of carboxylic acids is 1. The van der Waals surface area contributed by atoms with Crippen molar-refractivity contribution >= 4 is 57.3 Å². The standard InChI is InChI=1S/C7H12N2O3.C7H10N2O2.2Al.2H2O.O/c8-4(5(10)11)3-7(1-2-7)6(9)12;8-4-3-7(1-2-7)6(11)9-5(4)10;;;;;/h4H,1-3,8H2,(H2,9,12)(H,10,11);4H,1-3,8H2,(H,9,10,11);;;2*1H2;. The van der Waals surface area contributed by atoms with Gasteiger partial charge in [0.1, 0.15) is 6.04 Å². The van der Waals surface area contributed by atoms with Gasteiger partial charge >= 0.3 is 26.0 Å². The van der Waals surface area contributed by atoms with E-state index in [4.69, 9.17) is 26.1 Å². The Morgan fingerprint density at radius 1 is 1.18 bits per heavy atom. The van der Waals surface area contributed by atoms with Crippen LogP contribution in [0.5, 0.6) is 0 Å². The number of carboxylic acid groups (broad SMARTS) is 1. The summed E-state index contributed by atoms with van der Waals surface area (Å²) in [5, 5.41) is 10.8. The van der Waals surface area contributed by atoms with Crippen molar-refractivity contribution in [1.29, 1.82) is 0 Å². The van der Waals surface area contributed by atoms with Crippen molar-refractivity contribution in [1.82, 2.24) is 5.32 Å². The molecule has 3 fully saturated rings. The van der Waals surface area contributed by atoms with Gasteiger partial charge in [-0.2, -0.15) is 0 Å². The molecule has 4 radical (unpaired) electrons. The molecule has 1 heterocycles. The molecule has 2 aliphatic carbocycles. The zero-order chi connectivity index (χ0) is 19.4. The van der Waals surface area contributed by atoms with Crippen molar-refractivity contribution < 1.29 is 39.0 Å². The average molecular weight is 432 g/mol. The van der Waals surface area contributed by atoms with Crippen LogP contribution in [0.1, 0.15) is 38.5 Å². The summed E-state index contributed by atoms with van der Waals surface area (Å²) < 4.78 is 8.17. The molecule has 3 aliphatic rings. The van der Waals surface area contributed by atoms with Gasteiger partial charge in [0.25, 0.3) is 0 Å². The summed E-state index contributed by atoms with van der Waals surface area (Å²) in [6.45, 7) is 0. The molecule has 0 aromatic carbocycles. The topological polar surface area (TPSA) is 259 Å². The van der Waals surface area contributed by atoms with E-state index in [1.807, 2.05) is 0 Å². The number of amides is 3. The van der Waals surface area contributed by atoms with Gasteiger partial charge in [0.05, 0.1) is 16.9 Å². The molecular weight excluding hydrogens is 406 g/mol. The van der Waals surface area contributed by atoms with Crippen LogP contribution in [-0.4, -0.2) is 85.4 Å². The zero-order valence-corrected chi connectivity index (χ0v) is 17.6. The Morgan fingerprint density at radius 3 is 1.96 bits per heavy atom. The molecule has 1 saturated heterocycles. The summed E-state index contributed by atoms with van der Waals surface area (Å²) in [6, 6.07) is -1.45. The Labute approximate surface area is 180 Å². The molecule has 156 valence electrons. The van der Waals surface area contributed by atoms with Crippen LogP contribution in [0.25, 0.3) is 0 Å². The Hall–Kier alpha value is -1.22. The minimum atomic E-state index is -1.08. The molecule has 3 amide bonds. The number of piperidine rings is 1. The average Bonchev–Trinajstić information content (AvgIpc) is 3.45. The van der Waals surface area contributed by atoms with Crippen LogP contribution in [-0.2, 0) is 23.0 Å². The normalized spacial score (nSPS) is 22.5. The Bertz CT molecular complexity index is 584. The van der Waals surface area contributed by atoms with Gasteiger partial charge in [0.2, 0.25) is 17.7 Å². The number of imide groups is 1. The van der Waals surface area contributed by atoms with Gasteiger partial charge in [-0.1, -0.05) is 0 Å². The van der Waals surface area contributed by atoms with Crippen LogP contribution >= 0.6 is 0 Å². The molecule has 14 heteroatoms. The van der Waals surface area contributed by atoms with Crippen molar-refractivity contribution in [3.8, 4) is 0 Å². The fourth-order valence-corrected chi connectivity index (χ4v) is 2.74. The van der Waals surface area contributed by atoms with E-state index < -0.39 is 29.4 Å². The van der Waals surface area contributed by atoms with Crippen molar-refractivity contribution in [2.24, 2.45) is 28.0 Å². The van der Waals surface area contributed by atoms with Crippen LogP contribution < -0.4 is 22.5 Å². The molecule has 2 atom stereocenters. The maximum absolute atomic E-state index is 11.1. The Kier molecular flexibility index (Phi) is 13.9. The van der Waals surface area contributed by atoms with Gasteiger partial charge < -0.3 is 33.3 Å². The van der Waals surface area contributed by atoms with Gasteiger partial charge in [-0.15, -0.1) is 0 Å². The maximum atomic E-state index is 11.1. The molecule has 1 aliphatic heterocycles. The van der Waals surface area contributed by atoms with Gasteiger partial charge in [0.15, 0.2) is 0 Å². The SMILES string of the molecule is NC(=O)C1(CC(N)C(=O)O)CC1.NC1CC2(CC2)C(=O)NC1=O.O.O.[Al].[O]=[Al]. The second kappa shape index (κ2) is 12.4. The Morgan fingerprint density at radius 2 is 1.64 bits per heavy atom.